The third kappa shape index (κ3) is 1.53. The highest BCUT2D eigenvalue weighted by Crippen LogP contribution is 2.40. The minimum Gasteiger partial charge on any atom is -0.384 e. The second-order valence-electron chi connectivity index (χ2n) is 5.40. The maximum Gasteiger partial charge on any atom is 0.0983 e. The number of H-pyrrole nitrogens is 1. The number of rotatable bonds is 1. The van der Waals surface area contributed by atoms with Gasteiger partial charge in [-0.3, -0.25) is 0 Å². The highest BCUT2D eigenvalue weighted by molar-refractivity contribution is 5.84. The van der Waals surface area contributed by atoms with Gasteiger partial charge in [-0.2, -0.15) is 0 Å². The van der Waals surface area contributed by atoms with Crippen LogP contribution in [-0.4, -0.2) is 10.1 Å². The van der Waals surface area contributed by atoms with Crippen molar-refractivity contribution in [3.8, 4) is 0 Å². The molecule has 0 fully saturated rings. The van der Waals surface area contributed by atoms with Crippen LogP contribution in [0.5, 0.6) is 0 Å². The number of hydrogen-bond donors (Lipinski definition) is 2. The predicted molar refractivity (Wildman–Crippen MR) is 76.0 cm³/mol. The van der Waals surface area contributed by atoms with Crippen molar-refractivity contribution in [3.05, 3.63) is 71.4 Å². The van der Waals surface area contributed by atoms with E-state index in [9.17, 15) is 5.11 Å². The van der Waals surface area contributed by atoms with E-state index in [2.05, 4.69) is 17.1 Å². The van der Waals surface area contributed by atoms with Crippen LogP contribution in [0.25, 0.3) is 10.9 Å². The molecule has 0 atom stereocenters. The van der Waals surface area contributed by atoms with Crippen molar-refractivity contribution in [2.24, 2.45) is 0 Å². The van der Waals surface area contributed by atoms with Gasteiger partial charge in [0.2, 0.25) is 0 Å². The first-order valence-electron chi connectivity index (χ1n) is 6.62. The van der Waals surface area contributed by atoms with Crippen molar-refractivity contribution in [1.29, 1.82) is 0 Å². The number of nitrogens with one attached hydrogen (secondary N) is 1. The molecule has 0 saturated carbocycles. The van der Waals surface area contributed by atoms with Crippen LogP contribution in [0.1, 0.15) is 16.7 Å². The summed E-state index contributed by atoms with van der Waals surface area (Å²) in [5.41, 5.74) is 3.87. The van der Waals surface area contributed by atoms with E-state index in [4.69, 9.17) is 0 Å². The lowest BCUT2D eigenvalue weighted by atomic mass is 9.88. The SMILES string of the molecule is OC1(c2cccc3[nH]ccc23)Cc2ccccc2C1. The first-order valence-corrected chi connectivity index (χ1v) is 6.62. The summed E-state index contributed by atoms with van der Waals surface area (Å²) in [5.74, 6) is 0. The highest BCUT2D eigenvalue weighted by Gasteiger charge is 2.37. The minimum atomic E-state index is -0.772. The van der Waals surface area contributed by atoms with Crippen LogP contribution in [0.15, 0.2) is 54.7 Å². The second-order valence-corrected chi connectivity index (χ2v) is 5.40. The first kappa shape index (κ1) is 10.8. The smallest absolute Gasteiger partial charge is 0.0983 e. The molecule has 2 nitrogen and oxygen atoms in total. The molecule has 1 aliphatic carbocycles. The molecule has 0 bridgehead atoms. The van der Waals surface area contributed by atoms with Crippen LogP contribution in [0, 0.1) is 0 Å². The molecular formula is C17H15NO. The van der Waals surface area contributed by atoms with Gasteiger partial charge in [0.05, 0.1) is 5.60 Å². The number of hydrogen-bond acceptors (Lipinski definition) is 1. The zero-order chi connectivity index (χ0) is 12.9. The Morgan fingerprint density at radius 1 is 0.895 bits per heavy atom. The molecule has 0 radical (unpaired) electrons. The Morgan fingerprint density at radius 2 is 1.63 bits per heavy atom. The molecule has 0 unspecified atom stereocenters. The normalized spacial score (nSPS) is 16.7. The minimum absolute atomic E-state index is 0.702. The van der Waals surface area contributed by atoms with Crippen molar-refractivity contribution in [2.45, 2.75) is 18.4 Å². The van der Waals surface area contributed by atoms with Gasteiger partial charge in [0.15, 0.2) is 0 Å². The van der Waals surface area contributed by atoms with Gasteiger partial charge < -0.3 is 10.1 Å². The van der Waals surface area contributed by atoms with Gasteiger partial charge in [0.25, 0.3) is 0 Å². The van der Waals surface area contributed by atoms with Crippen LogP contribution in [-0.2, 0) is 18.4 Å². The lowest BCUT2D eigenvalue weighted by Gasteiger charge is -2.23. The van der Waals surface area contributed by atoms with Crippen molar-refractivity contribution in [2.75, 3.05) is 0 Å². The fourth-order valence-corrected chi connectivity index (χ4v) is 3.28. The van der Waals surface area contributed by atoms with Crippen molar-refractivity contribution < 1.29 is 5.11 Å². The lowest BCUT2D eigenvalue weighted by molar-refractivity contribution is 0.0498. The van der Waals surface area contributed by atoms with E-state index in [1.807, 2.05) is 42.6 Å². The number of aromatic nitrogens is 1. The number of aromatic amines is 1. The molecule has 0 spiro atoms. The van der Waals surface area contributed by atoms with Crippen LogP contribution < -0.4 is 0 Å². The van der Waals surface area contributed by atoms with Crippen LogP contribution in [0.3, 0.4) is 0 Å². The quantitative estimate of drug-likeness (QED) is 0.683. The van der Waals surface area contributed by atoms with Gasteiger partial charge in [0, 0.05) is 29.9 Å². The summed E-state index contributed by atoms with van der Waals surface area (Å²) in [6.07, 6.45) is 3.33. The summed E-state index contributed by atoms with van der Waals surface area (Å²) in [4.78, 5) is 3.21. The maximum absolute atomic E-state index is 11.1. The summed E-state index contributed by atoms with van der Waals surface area (Å²) in [7, 11) is 0. The number of benzene rings is 2. The molecule has 94 valence electrons. The summed E-state index contributed by atoms with van der Waals surface area (Å²) >= 11 is 0. The molecule has 1 aliphatic rings. The van der Waals surface area contributed by atoms with Crippen molar-refractivity contribution in [3.63, 3.8) is 0 Å². The van der Waals surface area contributed by atoms with Gasteiger partial charge in [-0.05, 0) is 28.8 Å². The van der Waals surface area contributed by atoms with Gasteiger partial charge >= 0.3 is 0 Å². The Balaban J connectivity index is 1.88. The van der Waals surface area contributed by atoms with E-state index >= 15 is 0 Å². The Hall–Kier alpha value is -2.06. The zero-order valence-corrected chi connectivity index (χ0v) is 10.6. The lowest BCUT2D eigenvalue weighted by Crippen LogP contribution is -2.26. The molecule has 1 heterocycles. The average Bonchev–Trinajstić information content (AvgIpc) is 3.00. The fraction of sp³-hybridized carbons (Fsp3) is 0.176. The van der Waals surface area contributed by atoms with Crippen molar-refractivity contribution >= 4 is 10.9 Å². The van der Waals surface area contributed by atoms with Crippen LogP contribution >= 0.6 is 0 Å². The summed E-state index contributed by atoms with van der Waals surface area (Å²) in [6.45, 7) is 0. The topological polar surface area (TPSA) is 36.0 Å². The summed E-state index contributed by atoms with van der Waals surface area (Å²) in [5, 5.41) is 12.2. The fourth-order valence-electron chi connectivity index (χ4n) is 3.28. The van der Waals surface area contributed by atoms with Gasteiger partial charge in [-0.15, -0.1) is 0 Å². The molecule has 2 heteroatoms. The van der Waals surface area contributed by atoms with Gasteiger partial charge in [-0.25, -0.2) is 0 Å². The van der Waals surface area contributed by atoms with E-state index < -0.39 is 5.60 Å². The highest BCUT2D eigenvalue weighted by atomic mass is 16.3. The molecule has 0 saturated heterocycles. The summed E-state index contributed by atoms with van der Waals surface area (Å²) < 4.78 is 0. The predicted octanol–water partition coefficient (Wildman–Crippen LogP) is 3.15. The van der Waals surface area contributed by atoms with Crippen LogP contribution in [0.2, 0.25) is 0 Å². The van der Waals surface area contributed by atoms with E-state index in [1.165, 1.54) is 11.1 Å². The monoisotopic (exact) mass is 249 g/mol. The molecule has 19 heavy (non-hydrogen) atoms. The largest absolute Gasteiger partial charge is 0.384 e. The Labute approximate surface area is 111 Å². The van der Waals surface area contributed by atoms with E-state index in [1.54, 1.807) is 0 Å². The van der Waals surface area contributed by atoms with Crippen LogP contribution in [0.4, 0.5) is 0 Å². The Bertz CT molecular complexity index is 732. The Morgan fingerprint density at radius 3 is 2.37 bits per heavy atom. The molecule has 2 aromatic carbocycles. The molecular weight excluding hydrogens is 234 g/mol. The number of fused-ring (bicyclic) bond motifs is 2. The van der Waals surface area contributed by atoms with E-state index in [0.717, 1.165) is 16.5 Å². The Kier molecular flexibility index (Phi) is 2.12. The molecule has 2 N–H and O–H groups in total. The average molecular weight is 249 g/mol. The van der Waals surface area contributed by atoms with Gasteiger partial charge in [-0.1, -0.05) is 36.4 Å². The molecule has 0 aliphatic heterocycles. The molecule has 3 aromatic rings. The third-order valence-electron chi connectivity index (χ3n) is 4.18. The molecule has 4 rings (SSSR count). The van der Waals surface area contributed by atoms with E-state index in [0.29, 0.717) is 12.8 Å². The maximum atomic E-state index is 11.1. The van der Waals surface area contributed by atoms with E-state index in [-0.39, 0.29) is 0 Å². The zero-order valence-electron chi connectivity index (χ0n) is 10.6. The second kappa shape index (κ2) is 3.72. The summed E-state index contributed by atoms with van der Waals surface area (Å²) in [6, 6.07) is 16.5. The van der Waals surface area contributed by atoms with Gasteiger partial charge in [0.1, 0.15) is 0 Å². The standard InChI is InChI=1S/C17H15NO/c19-17(10-12-4-1-2-5-13(12)11-17)15-6-3-7-16-14(15)8-9-18-16/h1-9,18-19H,10-11H2. The van der Waals surface area contributed by atoms with Crippen molar-refractivity contribution in [1.82, 2.24) is 4.98 Å². The third-order valence-corrected chi connectivity index (χ3v) is 4.18. The number of aliphatic hydroxyl groups is 1. The first-order chi connectivity index (χ1) is 9.26. The molecule has 1 aromatic heterocycles. The molecule has 0 amide bonds.